The van der Waals surface area contributed by atoms with Crippen LogP contribution in [0.2, 0.25) is 0 Å². The van der Waals surface area contributed by atoms with Gasteiger partial charge in [-0.15, -0.1) is 0 Å². The zero-order valence-electron chi connectivity index (χ0n) is 46.3. The molecule has 17 nitrogen and oxygen atoms in total. The molecule has 3 spiro atoms. The van der Waals surface area contributed by atoms with Crippen molar-refractivity contribution in [3.8, 4) is 0 Å². The lowest BCUT2D eigenvalue weighted by Gasteiger charge is -2.60. The summed E-state index contributed by atoms with van der Waals surface area (Å²) < 4.78 is 60.8. The lowest BCUT2D eigenvalue weighted by atomic mass is 9.57. The number of nitrogens with one attached hydrogen (secondary N) is 1. The first-order chi connectivity index (χ1) is 35.4. The van der Waals surface area contributed by atoms with Crippen molar-refractivity contribution >= 4 is 5.91 Å². The van der Waals surface area contributed by atoms with Gasteiger partial charge in [0, 0.05) is 63.8 Å². The van der Waals surface area contributed by atoms with Crippen molar-refractivity contribution in [2.75, 3.05) is 39.6 Å². The van der Waals surface area contributed by atoms with Gasteiger partial charge < -0.3 is 47.9 Å². The summed E-state index contributed by atoms with van der Waals surface area (Å²) in [6.07, 6.45) is 11.9. The van der Waals surface area contributed by atoms with Crippen molar-refractivity contribution in [3.05, 3.63) is 0 Å². The second-order valence-corrected chi connectivity index (χ2v) is 26.8. The molecule has 17 heteroatoms. The van der Waals surface area contributed by atoms with Gasteiger partial charge in [0.25, 0.3) is 0 Å². The predicted molar refractivity (Wildman–Crippen MR) is 263 cm³/mol. The van der Waals surface area contributed by atoms with E-state index in [9.17, 15) is 4.79 Å². The summed E-state index contributed by atoms with van der Waals surface area (Å²) in [5.41, 5.74) is -2.86. The summed E-state index contributed by atoms with van der Waals surface area (Å²) >= 11 is 0. The van der Waals surface area contributed by atoms with E-state index in [4.69, 9.17) is 72.0 Å². The van der Waals surface area contributed by atoms with E-state index in [1.54, 1.807) is 6.92 Å². The van der Waals surface area contributed by atoms with Gasteiger partial charge in [-0.1, -0.05) is 41.5 Å². The molecule has 6 bridgehead atoms. The maximum Gasteiger partial charge on any atom is 0.217 e. The Hall–Kier alpha value is -1.13. The van der Waals surface area contributed by atoms with Crippen LogP contribution >= 0.6 is 0 Å². The molecular weight excluding hydrogens is 955 g/mol. The van der Waals surface area contributed by atoms with Crippen molar-refractivity contribution in [3.63, 3.8) is 0 Å². The Morgan fingerprint density at radius 2 is 0.770 bits per heavy atom. The minimum atomic E-state index is -0.997. The molecule has 15 rings (SSSR count). The summed E-state index contributed by atoms with van der Waals surface area (Å²) in [4.78, 5) is 50.8. The second kappa shape index (κ2) is 19.8. The van der Waals surface area contributed by atoms with Gasteiger partial charge in [-0.3, -0.25) is 4.79 Å². The van der Waals surface area contributed by atoms with Crippen molar-refractivity contribution < 1.29 is 76.8 Å². The second-order valence-electron chi connectivity index (χ2n) is 26.8. The molecule has 12 saturated heterocycles. The summed E-state index contributed by atoms with van der Waals surface area (Å²) in [5, 5.41) is 3.27. The fourth-order valence-corrected chi connectivity index (χ4v) is 17.9. The van der Waals surface area contributed by atoms with E-state index in [2.05, 4.69) is 46.9 Å². The first-order valence-corrected chi connectivity index (χ1v) is 29.5. The molecule has 15 aliphatic rings. The minimum absolute atomic E-state index is 0.114. The maximum absolute atomic E-state index is 13.3. The highest BCUT2D eigenvalue weighted by atomic mass is 17.3. The highest BCUT2D eigenvalue weighted by molar-refractivity contribution is 5.73. The predicted octanol–water partition coefficient (Wildman–Crippen LogP) is 8.83. The Morgan fingerprint density at radius 3 is 1.07 bits per heavy atom. The Labute approximate surface area is 439 Å². The highest BCUT2D eigenvalue weighted by Gasteiger charge is 2.72. The highest BCUT2D eigenvalue weighted by Crippen LogP contribution is 2.64. The molecule has 420 valence electrons. The first-order valence-electron chi connectivity index (χ1n) is 29.5. The lowest BCUT2D eigenvalue weighted by molar-refractivity contribution is -0.571. The number of ether oxygens (including phenoxy) is 9. The number of hydrogen-bond donors (Lipinski definition) is 1. The Bertz CT molecular complexity index is 1830. The molecule has 15 fully saturated rings. The van der Waals surface area contributed by atoms with Crippen LogP contribution in [0.25, 0.3) is 0 Å². The molecule has 3 saturated carbocycles. The number of carbonyl (C=O) groups is 1. The Kier molecular flexibility index (Phi) is 14.3. The third kappa shape index (κ3) is 8.75. The van der Waals surface area contributed by atoms with Crippen LogP contribution in [0, 0.1) is 71.0 Å². The Morgan fingerprint density at radius 1 is 0.459 bits per heavy atom. The SMILES string of the molecule is CC(=O)NC(COCCC1O[C@@H]2O[C@]3(C)CC[C@H]4[C@H](C)CC[C@@H]([C@H]1C)[C@@]24OO3)(COCCC1O[C@@H]2O[C@]3(C)CC[C@H]4[C@H](C)CC[C@@H]([C@H]1C)[C@@]24OO3)COCCC1O[C@@H]2O[C@]3(C)CC[C@H]4[C@H](C)CC[C@@H]([C@H]1C)[C@@]24OO3. The fourth-order valence-electron chi connectivity index (χ4n) is 17.9. The molecule has 0 aromatic rings. The van der Waals surface area contributed by atoms with E-state index in [-0.39, 0.29) is 79.5 Å². The number of carbonyl (C=O) groups excluding carboxylic acids is 1. The summed E-state index contributed by atoms with van der Waals surface area (Å²) in [6, 6.07) is 0. The van der Waals surface area contributed by atoms with Gasteiger partial charge in [0.2, 0.25) is 23.3 Å². The number of hydrogen-bond acceptors (Lipinski definition) is 16. The van der Waals surface area contributed by atoms with E-state index in [0.717, 1.165) is 77.0 Å². The van der Waals surface area contributed by atoms with E-state index < -0.39 is 58.6 Å². The van der Waals surface area contributed by atoms with Gasteiger partial charge >= 0.3 is 0 Å². The summed E-state index contributed by atoms with van der Waals surface area (Å²) in [5.74, 6) is 0.922. The van der Waals surface area contributed by atoms with Crippen LogP contribution in [0.15, 0.2) is 0 Å². The van der Waals surface area contributed by atoms with E-state index in [1.165, 1.54) is 0 Å². The van der Waals surface area contributed by atoms with Crippen molar-refractivity contribution in [1.82, 2.24) is 5.32 Å². The average molecular weight is 1050 g/mol. The molecule has 0 radical (unpaired) electrons. The van der Waals surface area contributed by atoms with Gasteiger partial charge in [-0.2, -0.15) is 0 Å². The van der Waals surface area contributed by atoms with E-state index in [0.29, 0.717) is 74.6 Å². The quantitative estimate of drug-likeness (QED) is 0.115. The maximum atomic E-state index is 13.3. The largest absolute Gasteiger partial charge is 0.379 e. The number of amides is 1. The number of fused-ring (bicyclic) bond motifs is 6. The smallest absolute Gasteiger partial charge is 0.217 e. The number of rotatable bonds is 16. The molecule has 74 heavy (non-hydrogen) atoms. The van der Waals surface area contributed by atoms with Crippen molar-refractivity contribution in [2.45, 2.75) is 242 Å². The van der Waals surface area contributed by atoms with Crippen molar-refractivity contribution in [2.24, 2.45) is 71.0 Å². The molecule has 12 aliphatic heterocycles. The zero-order valence-corrected chi connectivity index (χ0v) is 46.3. The summed E-state index contributed by atoms with van der Waals surface area (Å²) in [6.45, 7) is 23.1. The van der Waals surface area contributed by atoms with E-state index >= 15 is 0 Å². The standard InChI is InChI=1S/C57H91NO16/c1-32-11-14-42-35(4)45(63-48-55(42)39(32)17-23-51(8,66-48)69-72-55)20-26-60-29-54(58-38(7)59,30-61-27-21-46-36(5)43-15-12-33(2)40-18-24-52(9)67-49(64-46)56(40,43)73-70-52)31-62-28-22-47-37(6)44-16-13-34(3)41-19-25-53(10)68-50(65-47)57(41,44)74-71-53/h32-37,39-50H,11-31H2,1-10H3,(H,58,59)/t32-,33-,34-,35-,36-,37-,39+,40+,41+,42+,43+,44+,45?,46?,47?,48-,49-,50-,51+,52+,53+,54?,55-,56-,57-/m1/s1. The van der Waals surface area contributed by atoms with Crippen molar-refractivity contribution in [1.29, 1.82) is 0 Å². The Balaban J connectivity index is 0.725. The van der Waals surface area contributed by atoms with Crippen LogP contribution in [-0.4, -0.2) is 122 Å². The van der Waals surface area contributed by atoms with Gasteiger partial charge in [-0.25, -0.2) is 29.3 Å². The van der Waals surface area contributed by atoms with Gasteiger partial charge in [0.05, 0.1) is 38.1 Å². The molecule has 0 aromatic heterocycles. The fraction of sp³-hybridized carbons (Fsp3) is 0.982. The normalized spacial score (nSPS) is 53.6. The monoisotopic (exact) mass is 1050 g/mol. The van der Waals surface area contributed by atoms with Crippen LogP contribution in [0.1, 0.15) is 166 Å². The van der Waals surface area contributed by atoms with Crippen LogP contribution in [0.5, 0.6) is 0 Å². The van der Waals surface area contributed by atoms with Gasteiger partial charge in [-0.05, 0) is 151 Å². The molecule has 3 aliphatic carbocycles. The molecule has 3 unspecified atom stereocenters. The van der Waals surface area contributed by atoms with Crippen LogP contribution < -0.4 is 5.32 Å². The summed E-state index contributed by atoms with van der Waals surface area (Å²) in [7, 11) is 0. The van der Waals surface area contributed by atoms with Gasteiger partial charge in [0.15, 0.2) is 35.7 Å². The lowest BCUT2D eigenvalue weighted by Crippen LogP contribution is -2.70. The topological polar surface area (TPSA) is 168 Å². The van der Waals surface area contributed by atoms with E-state index in [1.807, 2.05) is 20.8 Å². The average Bonchev–Trinajstić information content (AvgIpc) is 3.85. The van der Waals surface area contributed by atoms with Crippen LogP contribution in [-0.2, 0) is 76.8 Å². The molecule has 12 heterocycles. The molecular formula is C57H91NO16. The first kappa shape index (κ1) is 53.5. The molecule has 0 aromatic carbocycles. The third-order valence-electron chi connectivity index (χ3n) is 22.1. The minimum Gasteiger partial charge on any atom is -0.379 e. The molecule has 24 atom stereocenters. The van der Waals surface area contributed by atoms with Gasteiger partial charge in [0.1, 0.15) is 5.54 Å². The molecule has 1 amide bonds. The zero-order chi connectivity index (χ0) is 51.6. The van der Waals surface area contributed by atoms with Crippen LogP contribution in [0.3, 0.4) is 0 Å². The van der Waals surface area contributed by atoms with Crippen LogP contribution in [0.4, 0.5) is 0 Å². The molecule has 1 N–H and O–H groups in total. The third-order valence-corrected chi connectivity index (χ3v) is 22.1.